The predicted molar refractivity (Wildman–Crippen MR) is 78.8 cm³/mol. The molecule has 0 spiro atoms. The summed E-state index contributed by atoms with van der Waals surface area (Å²) in [5, 5.41) is 14.5. The van der Waals surface area contributed by atoms with Gasteiger partial charge in [-0.1, -0.05) is 28.9 Å². The monoisotopic (exact) mass is 313 g/mol. The van der Waals surface area contributed by atoms with Crippen molar-refractivity contribution in [3.05, 3.63) is 56.5 Å². The Morgan fingerprint density at radius 3 is 2.80 bits per heavy atom. The summed E-state index contributed by atoms with van der Waals surface area (Å²) < 4.78 is 14.8. The van der Waals surface area contributed by atoms with Crippen LogP contribution in [0.3, 0.4) is 0 Å². The molecule has 0 saturated carbocycles. The fourth-order valence-corrected chi connectivity index (χ4v) is 2.79. The number of nitrogens with zero attached hydrogens (tertiary/aromatic N) is 1. The highest BCUT2D eigenvalue weighted by atomic mass is 35.5. The van der Waals surface area contributed by atoms with Gasteiger partial charge in [0, 0.05) is 23.5 Å². The summed E-state index contributed by atoms with van der Waals surface area (Å²) >= 11 is 7.31. The van der Waals surface area contributed by atoms with E-state index in [9.17, 15) is 4.39 Å². The van der Waals surface area contributed by atoms with Gasteiger partial charge >= 0.3 is 0 Å². The van der Waals surface area contributed by atoms with Gasteiger partial charge in [0.05, 0.1) is 9.90 Å². The summed E-state index contributed by atoms with van der Waals surface area (Å²) in [7, 11) is 0. The van der Waals surface area contributed by atoms with Crippen LogP contribution >= 0.6 is 22.9 Å². The maximum atomic E-state index is 14.1. The minimum atomic E-state index is -0.487. The van der Waals surface area contributed by atoms with Crippen molar-refractivity contribution in [2.75, 3.05) is 0 Å². The van der Waals surface area contributed by atoms with Gasteiger partial charge in [-0.3, -0.25) is 0 Å². The molecule has 2 aromatic rings. The molecule has 4 nitrogen and oxygen atoms in total. The molecule has 1 heterocycles. The lowest BCUT2D eigenvalue weighted by Crippen LogP contribution is -2.18. The van der Waals surface area contributed by atoms with Crippen LogP contribution in [0.15, 0.2) is 35.5 Å². The summed E-state index contributed by atoms with van der Waals surface area (Å²) in [4.78, 5) is 1.07. The molecule has 0 amide bonds. The fraction of sp³-hybridized carbons (Fsp3) is 0.154. The van der Waals surface area contributed by atoms with Gasteiger partial charge in [-0.25, -0.2) is 4.39 Å². The molecule has 2 rings (SSSR count). The molecule has 106 valence electrons. The van der Waals surface area contributed by atoms with Gasteiger partial charge in [-0.05, 0) is 18.2 Å². The summed E-state index contributed by atoms with van der Waals surface area (Å²) in [6, 6.07) is 8.52. The maximum Gasteiger partial charge on any atom is 0.173 e. The predicted octanol–water partition coefficient (Wildman–Crippen LogP) is 2.92. The van der Waals surface area contributed by atoms with Crippen molar-refractivity contribution in [3.63, 3.8) is 0 Å². The number of nitrogens with one attached hydrogen (secondary N) is 1. The van der Waals surface area contributed by atoms with E-state index in [2.05, 4.69) is 10.5 Å². The molecule has 7 heteroatoms. The minimum Gasteiger partial charge on any atom is -0.409 e. The van der Waals surface area contributed by atoms with Gasteiger partial charge in [0.25, 0.3) is 0 Å². The van der Waals surface area contributed by atoms with E-state index in [0.717, 1.165) is 9.21 Å². The number of amidine groups is 1. The second kappa shape index (κ2) is 6.69. The first kappa shape index (κ1) is 14.8. The van der Waals surface area contributed by atoms with E-state index in [1.807, 2.05) is 12.1 Å². The lowest BCUT2D eigenvalue weighted by atomic mass is 10.1. The van der Waals surface area contributed by atoms with Gasteiger partial charge in [-0.15, -0.1) is 11.3 Å². The lowest BCUT2D eigenvalue weighted by molar-refractivity contribution is 0.318. The van der Waals surface area contributed by atoms with E-state index < -0.39 is 5.82 Å². The largest absolute Gasteiger partial charge is 0.409 e. The van der Waals surface area contributed by atoms with Crippen LogP contribution in [0, 0.1) is 5.82 Å². The molecular formula is C13H13ClFN3OS. The van der Waals surface area contributed by atoms with Crippen LogP contribution in [-0.4, -0.2) is 11.0 Å². The average molecular weight is 314 g/mol. The van der Waals surface area contributed by atoms with Gasteiger partial charge in [0.2, 0.25) is 0 Å². The molecule has 0 aliphatic carbocycles. The standard InChI is InChI=1S/C13H13ClFN3OS/c14-11-5-4-9(20-11)7-17-6-8-2-1-3-10(12(8)15)13(16)18-19/h1-5,17,19H,6-7H2,(H2,16,18). The normalized spacial score (nSPS) is 11.8. The molecule has 20 heavy (non-hydrogen) atoms. The van der Waals surface area contributed by atoms with Gasteiger partial charge in [-0.2, -0.15) is 0 Å². The zero-order valence-electron chi connectivity index (χ0n) is 10.4. The second-order valence-electron chi connectivity index (χ2n) is 4.07. The molecule has 0 fully saturated rings. The summed E-state index contributed by atoms with van der Waals surface area (Å²) in [5.74, 6) is -0.728. The zero-order valence-corrected chi connectivity index (χ0v) is 12.0. The minimum absolute atomic E-state index is 0.0889. The molecule has 1 aromatic heterocycles. The van der Waals surface area contributed by atoms with Crippen LogP contribution in [0.4, 0.5) is 4.39 Å². The first-order valence-electron chi connectivity index (χ1n) is 5.82. The Morgan fingerprint density at radius 2 is 2.15 bits per heavy atom. The molecule has 4 N–H and O–H groups in total. The van der Waals surface area contributed by atoms with Crippen LogP contribution in [-0.2, 0) is 13.1 Å². The van der Waals surface area contributed by atoms with E-state index in [0.29, 0.717) is 18.7 Å². The summed E-state index contributed by atoms with van der Waals surface area (Å²) in [6.07, 6.45) is 0. The Labute approximate surface area is 124 Å². The lowest BCUT2D eigenvalue weighted by Gasteiger charge is -2.08. The number of oxime groups is 1. The number of rotatable bonds is 5. The van der Waals surface area contributed by atoms with Crippen LogP contribution in [0.2, 0.25) is 4.34 Å². The van der Waals surface area contributed by atoms with E-state index in [1.165, 1.54) is 17.4 Å². The Balaban J connectivity index is 2.03. The average Bonchev–Trinajstić information content (AvgIpc) is 2.85. The van der Waals surface area contributed by atoms with E-state index in [4.69, 9.17) is 22.5 Å². The fourth-order valence-electron chi connectivity index (χ4n) is 1.74. The third-order valence-corrected chi connectivity index (χ3v) is 3.94. The van der Waals surface area contributed by atoms with Gasteiger partial charge in [0.1, 0.15) is 5.82 Å². The number of halogens is 2. The highest BCUT2D eigenvalue weighted by Gasteiger charge is 2.11. The van der Waals surface area contributed by atoms with Crippen molar-refractivity contribution in [3.8, 4) is 0 Å². The maximum absolute atomic E-state index is 14.1. The molecular weight excluding hydrogens is 301 g/mol. The third kappa shape index (κ3) is 3.47. The van der Waals surface area contributed by atoms with Crippen LogP contribution < -0.4 is 11.1 Å². The Kier molecular flexibility index (Phi) is 4.94. The third-order valence-electron chi connectivity index (χ3n) is 2.71. The quantitative estimate of drug-likeness (QED) is 0.344. The topological polar surface area (TPSA) is 70.6 Å². The number of thiophene rings is 1. The highest BCUT2D eigenvalue weighted by molar-refractivity contribution is 7.16. The number of hydrogen-bond donors (Lipinski definition) is 3. The summed E-state index contributed by atoms with van der Waals surface area (Å²) in [6.45, 7) is 0.943. The van der Waals surface area contributed by atoms with Crippen LogP contribution in [0.1, 0.15) is 16.0 Å². The van der Waals surface area contributed by atoms with E-state index in [1.54, 1.807) is 12.1 Å². The highest BCUT2D eigenvalue weighted by Crippen LogP contribution is 2.21. The number of hydrogen-bond acceptors (Lipinski definition) is 4. The van der Waals surface area contributed by atoms with Crippen molar-refractivity contribution < 1.29 is 9.60 Å². The van der Waals surface area contributed by atoms with E-state index in [-0.39, 0.29) is 11.4 Å². The second-order valence-corrected chi connectivity index (χ2v) is 5.87. The smallest absolute Gasteiger partial charge is 0.173 e. The Morgan fingerprint density at radius 1 is 1.35 bits per heavy atom. The molecule has 0 saturated heterocycles. The molecule has 0 aliphatic heterocycles. The van der Waals surface area contributed by atoms with Gasteiger partial charge < -0.3 is 16.3 Å². The van der Waals surface area contributed by atoms with Crippen molar-refractivity contribution in [2.24, 2.45) is 10.9 Å². The first-order valence-corrected chi connectivity index (χ1v) is 7.01. The summed E-state index contributed by atoms with van der Waals surface area (Å²) in [5.41, 5.74) is 5.96. The molecule has 0 unspecified atom stereocenters. The van der Waals surface area contributed by atoms with Crippen molar-refractivity contribution >= 4 is 28.8 Å². The Hall–Kier alpha value is -1.63. The number of nitrogens with two attached hydrogens (primary N) is 1. The molecule has 1 aromatic carbocycles. The van der Waals surface area contributed by atoms with Crippen LogP contribution in [0.5, 0.6) is 0 Å². The molecule has 0 bridgehead atoms. The molecule has 0 aliphatic rings. The van der Waals surface area contributed by atoms with Crippen LogP contribution in [0.25, 0.3) is 0 Å². The Bertz CT molecular complexity index is 630. The SMILES string of the molecule is N/C(=N/O)c1cccc(CNCc2ccc(Cl)s2)c1F. The van der Waals surface area contributed by atoms with Crippen molar-refractivity contribution in [1.29, 1.82) is 0 Å². The van der Waals surface area contributed by atoms with Gasteiger partial charge in [0.15, 0.2) is 5.84 Å². The van der Waals surface area contributed by atoms with E-state index >= 15 is 0 Å². The molecule has 0 radical (unpaired) electrons. The first-order chi connectivity index (χ1) is 9.61. The zero-order chi connectivity index (χ0) is 14.5. The molecule has 0 atom stereocenters. The van der Waals surface area contributed by atoms with Crippen molar-refractivity contribution in [2.45, 2.75) is 13.1 Å². The number of benzene rings is 1. The van der Waals surface area contributed by atoms with Crippen molar-refractivity contribution in [1.82, 2.24) is 5.32 Å².